The summed E-state index contributed by atoms with van der Waals surface area (Å²) in [5, 5.41) is 0. The lowest BCUT2D eigenvalue weighted by atomic mass is 10.1. The van der Waals surface area contributed by atoms with E-state index < -0.39 is 0 Å². The summed E-state index contributed by atoms with van der Waals surface area (Å²) in [5.74, 6) is 0.323. The zero-order valence-corrected chi connectivity index (χ0v) is 15.5. The summed E-state index contributed by atoms with van der Waals surface area (Å²) in [5.41, 5.74) is 2.68. The molecule has 0 radical (unpaired) electrons. The molecule has 2 rings (SSSR count). The Kier molecular flexibility index (Phi) is 7.68. The zero-order valence-electron chi connectivity index (χ0n) is 15.5. The Bertz CT molecular complexity index is 661. The van der Waals surface area contributed by atoms with Crippen molar-refractivity contribution in [3.8, 4) is 5.75 Å². The average Bonchev–Trinajstić information content (AvgIpc) is 2.64. The van der Waals surface area contributed by atoms with Crippen LogP contribution in [0.15, 0.2) is 48.5 Å². The molecule has 0 amide bonds. The highest BCUT2D eigenvalue weighted by Crippen LogP contribution is 2.22. The Balaban J connectivity index is 2.01. The summed E-state index contributed by atoms with van der Waals surface area (Å²) in [6.07, 6.45) is 4.12. The maximum Gasteiger partial charge on any atom is 0.343 e. The third-order valence-electron chi connectivity index (χ3n) is 4.18. The van der Waals surface area contributed by atoms with E-state index in [1.54, 1.807) is 12.1 Å². The fourth-order valence-electron chi connectivity index (χ4n) is 2.63. The number of ether oxygens (including phenoxy) is 2. The summed E-state index contributed by atoms with van der Waals surface area (Å²) >= 11 is 0. The summed E-state index contributed by atoms with van der Waals surface area (Å²) in [4.78, 5) is 12.4. The van der Waals surface area contributed by atoms with Gasteiger partial charge in [-0.25, -0.2) is 4.79 Å². The van der Waals surface area contributed by atoms with Crippen molar-refractivity contribution in [1.82, 2.24) is 0 Å². The van der Waals surface area contributed by atoms with E-state index in [0.29, 0.717) is 11.3 Å². The molecule has 0 saturated heterocycles. The summed E-state index contributed by atoms with van der Waals surface area (Å²) in [6.45, 7) is 7.05. The van der Waals surface area contributed by atoms with Crippen molar-refractivity contribution in [3.05, 3.63) is 65.2 Å². The van der Waals surface area contributed by atoms with E-state index in [9.17, 15) is 4.79 Å². The summed E-state index contributed by atoms with van der Waals surface area (Å²) in [7, 11) is 0. The minimum atomic E-state index is -0.324. The molecule has 0 fully saturated rings. The molecule has 0 aromatic heterocycles. The first kappa shape index (κ1) is 19.2. The van der Waals surface area contributed by atoms with Crippen molar-refractivity contribution in [1.29, 1.82) is 0 Å². The lowest BCUT2D eigenvalue weighted by Gasteiger charge is -2.14. The van der Waals surface area contributed by atoms with Crippen LogP contribution < -0.4 is 4.74 Å². The molecule has 0 saturated carbocycles. The fraction of sp³-hybridized carbons (Fsp3) is 0.409. The van der Waals surface area contributed by atoms with E-state index in [0.717, 1.165) is 43.4 Å². The van der Waals surface area contributed by atoms with Crippen molar-refractivity contribution in [3.63, 3.8) is 0 Å². The minimum Gasteiger partial charge on any atom is -0.423 e. The molecule has 0 aliphatic heterocycles. The molecule has 0 N–H and O–H groups in total. The normalized spacial score (nSPS) is 12.0. The molecule has 25 heavy (non-hydrogen) atoms. The van der Waals surface area contributed by atoms with Gasteiger partial charge in [0.1, 0.15) is 5.75 Å². The van der Waals surface area contributed by atoms with Gasteiger partial charge in [0.05, 0.1) is 11.7 Å². The van der Waals surface area contributed by atoms with Crippen molar-refractivity contribution in [2.75, 3.05) is 6.61 Å². The second-order valence-corrected chi connectivity index (χ2v) is 6.24. The monoisotopic (exact) mass is 340 g/mol. The van der Waals surface area contributed by atoms with Crippen LogP contribution in [0.1, 0.15) is 67.6 Å². The number of aryl methyl sites for hydroxylation is 1. The van der Waals surface area contributed by atoms with E-state index >= 15 is 0 Å². The predicted octanol–water partition coefficient (Wildman–Crippen LogP) is 5.74. The first-order valence-corrected chi connectivity index (χ1v) is 9.17. The van der Waals surface area contributed by atoms with Crippen LogP contribution in [0.25, 0.3) is 0 Å². The molecule has 1 atom stereocenters. The van der Waals surface area contributed by atoms with Gasteiger partial charge in [0, 0.05) is 6.61 Å². The number of rotatable bonds is 9. The quantitative estimate of drug-likeness (QED) is 0.332. The van der Waals surface area contributed by atoms with Crippen molar-refractivity contribution in [2.45, 2.75) is 52.6 Å². The van der Waals surface area contributed by atoms with Crippen LogP contribution in [-0.4, -0.2) is 12.6 Å². The SMILES string of the molecule is CCCCOC(C)c1ccc(C(=O)Oc2ccccc2CCC)cc1. The molecule has 0 spiro atoms. The van der Waals surface area contributed by atoms with Crippen molar-refractivity contribution < 1.29 is 14.3 Å². The topological polar surface area (TPSA) is 35.5 Å². The predicted molar refractivity (Wildman–Crippen MR) is 101 cm³/mol. The summed E-state index contributed by atoms with van der Waals surface area (Å²) in [6, 6.07) is 15.2. The standard InChI is InChI=1S/C22H28O3/c1-4-6-16-24-17(3)18-12-14-20(15-13-18)22(23)25-21-11-8-7-10-19(21)9-5-2/h7-8,10-15,17H,4-6,9,16H2,1-3H3. The number of benzene rings is 2. The lowest BCUT2D eigenvalue weighted by Crippen LogP contribution is -2.10. The highest BCUT2D eigenvalue weighted by atomic mass is 16.5. The van der Waals surface area contributed by atoms with E-state index in [2.05, 4.69) is 13.8 Å². The molecule has 0 heterocycles. The van der Waals surface area contributed by atoms with Gasteiger partial charge >= 0.3 is 5.97 Å². The Morgan fingerprint density at radius 1 is 1.00 bits per heavy atom. The summed E-state index contributed by atoms with van der Waals surface area (Å²) < 4.78 is 11.4. The van der Waals surface area contributed by atoms with Gasteiger partial charge in [-0.05, 0) is 49.1 Å². The second kappa shape index (κ2) is 10.00. The van der Waals surface area contributed by atoms with Gasteiger partial charge in [-0.3, -0.25) is 0 Å². The number of carbonyl (C=O) groups excluding carboxylic acids is 1. The van der Waals surface area contributed by atoms with Crippen molar-refractivity contribution in [2.24, 2.45) is 0 Å². The van der Waals surface area contributed by atoms with Crippen molar-refractivity contribution >= 4 is 5.97 Å². The molecular weight excluding hydrogens is 312 g/mol. The number of unbranched alkanes of at least 4 members (excludes halogenated alkanes) is 1. The maximum atomic E-state index is 12.4. The fourth-order valence-corrected chi connectivity index (χ4v) is 2.63. The van der Waals surface area contributed by atoms with Crippen LogP contribution in [-0.2, 0) is 11.2 Å². The first-order valence-electron chi connectivity index (χ1n) is 9.17. The molecule has 0 aliphatic rings. The Hall–Kier alpha value is -2.13. The number of carbonyl (C=O) groups is 1. The third-order valence-corrected chi connectivity index (χ3v) is 4.18. The third kappa shape index (κ3) is 5.71. The van der Waals surface area contributed by atoms with E-state index in [1.165, 1.54) is 0 Å². The van der Waals surface area contributed by atoms with Gasteiger partial charge < -0.3 is 9.47 Å². The van der Waals surface area contributed by atoms with Crippen LogP contribution in [0, 0.1) is 0 Å². The molecule has 0 aliphatic carbocycles. The Labute approximate surface area is 151 Å². The number of hydrogen-bond acceptors (Lipinski definition) is 3. The average molecular weight is 340 g/mol. The van der Waals surface area contributed by atoms with E-state index in [-0.39, 0.29) is 12.1 Å². The van der Waals surface area contributed by atoms with Gasteiger partial charge in [-0.2, -0.15) is 0 Å². The molecule has 2 aromatic rings. The molecule has 3 nitrogen and oxygen atoms in total. The number of para-hydroxylation sites is 1. The molecular formula is C22H28O3. The molecule has 3 heteroatoms. The number of hydrogen-bond donors (Lipinski definition) is 0. The smallest absolute Gasteiger partial charge is 0.343 e. The van der Waals surface area contributed by atoms with Crippen LogP contribution in [0.5, 0.6) is 5.75 Å². The van der Waals surface area contributed by atoms with Crippen LogP contribution in [0.4, 0.5) is 0 Å². The van der Waals surface area contributed by atoms with Crippen LogP contribution >= 0.6 is 0 Å². The Morgan fingerprint density at radius 3 is 2.40 bits per heavy atom. The maximum absolute atomic E-state index is 12.4. The van der Waals surface area contributed by atoms with Gasteiger partial charge in [-0.15, -0.1) is 0 Å². The Morgan fingerprint density at radius 2 is 1.72 bits per heavy atom. The van der Waals surface area contributed by atoms with Gasteiger partial charge in [-0.1, -0.05) is 57.0 Å². The molecule has 134 valence electrons. The van der Waals surface area contributed by atoms with Gasteiger partial charge in [0.25, 0.3) is 0 Å². The molecule has 0 bridgehead atoms. The highest BCUT2D eigenvalue weighted by molar-refractivity contribution is 5.91. The van der Waals surface area contributed by atoms with Crippen LogP contribution in [0.3, 0.4) is 0 Å². The largest absolute Gasteiger partial charge is 0.423 e. The minimum absolute atomic E-state index is 0.0295. The van der Waals surface area contributed by atoms with E-state index in [4.69, 9.17) is 9.47 Å². The number of esters is 1. The molecule has 2 aromatic carbocycles. The second-order valence-electron chi connectivity index (χ2n) is 6.24. The zero-order chi connectivity index (χ0) is 18.1. The van der Waals surface area contributed by atoms with E-state index in [1.807, 2.05) is 43.3 Å². The van der Waals surface area contributed by atoms with Crippen LogP contribution in [0.2, 0.25) is 0 Å². The molecule has 1 unspecified atom stereocenters. The highest BCUT2D eigenvalue weighted by Gasteiger charge is 2.12. The lowest BCUT2D eigenvalue weighted by molar-refractivity contribution is 0.0635. The first-order chi connectivity index (χ1) is 12.2. The van der Waals surface area contributed by atoms with Gasteiger partial charge in [0.15, 0.2) is 0 Å². The van der Waals surface area contributed by atoms with Gasteiger partial charge in [0.2, 0.25) is 0 Å².